The van der Waals surface area contributed by atoms with E-state index in [4.69, 9.17) is 0 Å². The third-order valence-corrected chi connectivity index (χ3v) is 6.07. The molecule has 0 saturated heterocycles. The van der Waals surface area contributed by atoms with Crippen LogP contribution in [0.4, 0.5) is 0 Å². The van der Waals surface area contributed by atoms with Crippen LogP contribution in [0.2, 0.25) is 0 Å². The average molecular weight is 372 g/mol. The van der Waals surface area contributed by atoms with Gasteiger partial charge in [-0.25, -0.2) is 9.97 Å². The fraction of sp³-hybridized carbons (Fsp3) is 0.348. The minimum Gasteiger partial charge on any atom is -0.333 e. The maximum Gasteiger partial charge on any atom is 0.255 e. The average Bonchev–Trinajstić information content (AvgIpc) is 3.37. The van der Waals surface area contributed by atoms with Crippen LogP contribution in [-0.4, -0.2) is 37.4 Å². The van der Waals surface area contributed by atoms with Gasteiger partial charge >= 0.3 is 0 Å². The number of hydrogen-bond acceptors (Lipinski definition) is 3. The van der Waals surface area contributed by atoms with Crippen molar-refractivity contribution in [2.45, 2.75) is 50.6 Å². The number of nitrogens with zero attached hydrogens (tertiary/aromatic N) is 4. The van der Waals surface area contributed by atoms with Gasteiger partial charge in [-0.2, -0.15) is 0 Å². The van der Waals surface area contributed by atoms with Gasteiger partial charge in [-0.15, -0.1) is 0 Å². The summed E-state index contributed by atoms with van der Waals surface area (Å²) in [6.45, 7) is 2.18. The molecule has 2 aliphatic rings. The molecule has 2 fully saturated rings. The van der Waals surface area contributed by atoms with E-state index < -0.39 is 0 Å². The standard InChI is InChI=1S/C23H24N4O/c1-16-4-2-3-5-21(16)18-12-20(13-18)27(19-7-8-19)23(28)17-6-9-22(25-14-17)26-11-10-24-15-26/h2-6,9-11,14-15,18-20H,7-8,12-13H2,1H3. The first-order valence-electron chi connectivity index (χ1n) is 10.0. The van der Waals surface area contributed by atoms with Crippen molar-refractivity contribution in [2.75, 3.05) is 0 Å². The molecule has 2 heterocycles. The number of aromatic nitrogens is 3. The van der Waals surface area contributed by atoms with Crippen LogP contribution in [0.25, 0.3) is 5.82 Å². The summed E-state index contributed by atoms with van der Waals surface area (Å²) in [5.41, 5.74) is 3.47. The number of rotatable bonds is 5. The minimum atomic E-state index is 0.125. The first-order chi connectivity index (χ1) is 13.7. The molecule has 28 heavy (non-hydrogen) atoms. The molecule has 2 aromatic heterocycles. The van der Waals surface area contributed by atoms with Gasteiger partial charge in [-0.1, -0.05) is 24.3 Å². The molecule has 3 aromatic rings. The Morgan fingerprint density at radius 1 is 1.11 bits per heavy atom. The summed E-state index contributed by atoms with van der Waals surface area (Å²) >= 11 is 0. The monoisotopic (exact) mass is 372 g/mol. The molecular formula is C23H24N4O. The molecular weight excluding hydrogens is 348 g/mol. The Hall–Kier alpha value is -2.95. The Balaban J connectivity index is 1.31. The Morgan fingerprint density at radius 3 is 2.57 bits per heavy atom. The second-order valence-electron chi connectivity index (χ2n) is 8.00. The molecule has 0 N–H and O–H groups in total. The van der Waals surface area contributed by atoms with Gasteiger partial charge in [-0.3, -0.25) is 9.36 Å². The zero-order chi connectivity index (χ0) is 19.1. The van der Waals surface area contributed by atoms with Gasteiger partial charge in [0, 0.05) is 30.7 Å². The molecule has 1 aromatic carbocycles. The van der Waals surface area contributed by atoms with Gasteiger partial charge in [0.05, 0.1) is 5.56 Å². The summed E-state index contributed by atoms with van der Waals surface area (Å²) in [6, 6.07) is 13.1. The molecule has 2 aliphatic carbocycles. The zero-order valence-corrected chi connectivity index (χ0v) is 16.0. The van der Waals surface area contributed by atoms with Gasteiger partial charge in [0.25, 0.3) is 5.91 Å². The van der Waals surface area contributed by atoms with E-state index in [0.717, 1.165) is 31.5 Å². The van der Waals surface area contributed by atoms with E-state index >= 15 is 0 Å². The van der Waals surface area contributed by atoms with Crippen LogP contribution >= 0.6 is 0 Å². The van der Waals surface area contributed by atoms with E-state index in [1.54, 1.807) is 18.7 Å². The normalized spacial score (nSPS) is 21.2. The van der Waals surface area contributed by atoms with E-state index in [0.29, 0.717) is 23.6 Å². The first-order valence-corrected chi connectivity index (χ1v) is 10.0. The molecule has 0 unspecified atom stereocenters. The highest BCUT2D eigenvalue weighted by Gasteiger charge is 2.44. The van der Waals surface area contributed by atoms with Crippen LogP contribution in [0, 0.1) is 6.92 Å². The molecule has 1 amide bonds. The van der Waals surface area contributed by atoms with Crippen LogP contribution in [0.15, 0.2) is 61.3 Å². The van der Waals surface area contributed by atoms with Gasteiger partial charge in [0.1, 0.15) is 12.1 Å². The molecule has 5 rings (SSSR count). The second kappa shape index (κ2) is 6.89. The Labute approximate surface area is 165 Å². The largest absolute Gasteiger partial charge is 0.333 e. The van der Waals surface area contributed by atoms with Gasteiger partial charge < -0.3 is 4.90 Å². The summed E-state index contributed by atoms with van der Waals surface area (Å²) in [7, 11) is 0. The van der Waals surface area contributed by atoms with Crippen LogP contribution < -0.4 is 0 Å². The highest BCUT2D eigenvalue weighted by Crippen LogP contribution is 2.44. The molecule has 0 bridgehead atoms. The molecule has 142 valence electrons. The summed E-state index contributed by atoms with van der Waals surface area (Å²) in [5.74, 6) is 1.47. The lowest BCUT2D eigenvalue weighted by Gasteiger charge is -2.44. The maximum absolute atomic E-state index is 13.2. The van der Waals surface area contributed by atoms with Crippen molar-refractivity contribution in [1.29, 1.82) is 0 Å². The fourth-order valence-corrected chi connectivity index (χ4v) is 4.31. The number of hydrogen-bond donors (Lipinski definition) is 0. The van der Waals surface area contributed by atoms with Crippen LogP contribution in [0.1, 0.15) is 53.1 Å². The van der Waals surface area contributed by atoms with Crippen molar-refractivity contribution in [3.63, 3.8) is 0 Å². The lowest BCUT2D eigenvalue weighted by Crippen LogP contribution is -2.48. The van der Waals surface area contributed by atoms with Gasteiger partial charge in [0.15, 0.2) is 0 Å². The van der Waals surface area contributed by atoms with Crippen molar-refractivity contribution in [2.24, 2.45) is 0 Å². The van der Waals surface area contributed by atoms with Gasteiger partial charge in [-0.05, 0) is 61.8 Å². The number of carbonyl (C=O) groups excluding carboxylic acids is 1. The topological polar surface area (TPSA) is 51.0 Å². The Bertz CT molecular complexity index is 970. The maximum atomic E-state index is 13.2. The SMILES string of the molecule is Cc1ccccc1C1CC(N(C(=O)c2ccc(-n3ccnc3)nc2)C2CC2)C1. The summed E-state index contributed by atoms with van der Waals surface area (Å²) in [4.78, 5) is 23.9. The summed E-state index contributed by atoms with van der Waals surface area (Å²) in [5, 5.41) is 0. The highest BCUT2D eigenvalue weighted by molar-refractivity contribution is 5.94. The number of carbonyl (C=O) groups is 1. The predicted octanol–water partition coefficient (Wildman–Crippen LogP) is 4.13. The van der Waals surface area contributed by atoms with E-state index in [1.807, 2.05) is 22.9 Å². The third kappa shape index (κ3) is 3.11. The second-order valence-corrected chi connectivity index (χ2v) is 8.00. The minimum absolute atomic E-state index is 0.125. The molecule has 0 aliphatic heterocycles. The Kier molecular flexibility index (Phi) is 4.23. The van der Waals surface area contributed by atoms with Crippen molar-refractivity contribution in [1.82, 2.24) is 19.4 Å². The van der Waals surface area contributed by atoms with E-state index in [-0.39, 0.29) is 5.91 Å². The summed E-state index contributed by atoms with van der Waals surface area (Å²) in [6.07, 6.45) is 11.3. The van der Waals surface area contributed by atoms with Crippen molar-refractivity contribution in [3.8, 4) is 5.82 Å². The van der Waals surface area contributed by atoms with Crippen LogP contribution in [-0.2, 0) is 0 Å². The molecule has 5 nitrogen and oxygen atoms in total. The summed E-state index contributed by atoms with van der Waals surface area (Å²) < 4.78 is 1.84. The Morgan fingerprint density at radius 2 is 1.93 bits per heavy atom. The molecule has 0 atom stereocenters. The molecule has 0 radical (unpaired) electrons. The highest BCUT2D eigenvalue weighted by atomic mass is 16.2. The zero-order valence-electron chi connectivity index (χ0n) is 16.0. The molecule has 0 spiro atoms. The van der Waals surface area contributed by atoms with Gasteiger partial charge in [0.2, 0.25) is 0 Å². The smallest absolute Gasteiger partial charge is 0.255 e. The van der Waals surface area contributed by atoms with Crippen molar-refractivity contribution < 1.29 is 4.79 Å². The van der Waals surface area contributed by atoms with Crippen molar-refractivity contribution >= 4 is 5.91 Å². The van der Waals surface area contributed by atoms with Crippen LogP contribution in [0.3, 0.4) is 0 Å². The van der Waals surface area contributed by atoms with E-state index in [9.17, 15) is 4.79 Å². The van der Waals surface area contributed by atoms with Crippen molar-refractivity contribution in [3.05, 3.63) is 78.0 Å². The van der Waals surface area contributed by atoms with E-state index in [1.165, 1.54) is 11.1 Å². The molecule has 5 heteroatoms. The lowest BCUT2D eigenvalue weighted by atomic mass is 9.73. The van der Waals surface area contributed by atoms with Crippen LogP contribution in [0.5, 0.6) is 0 Å². The number of benzene rings is 1. The quantitative estimate of drug-likeness (QED) is 0.677. The number of imidazole rings is 1. The third-order valence-electron chi connectivity index (χ3n) is 6.07. The molecule has 2 saturated carbocycles. The predicted molar refractivity (Wildman–Crippen MR) is 107 cm³/mol. The number of pyridine rings is 1. The fourth-order valence-electron chi connectivity index (χ4n) is 4.31. The number of amides is 1. The first kappa shape index (κ1) is 17.2. The lowest BCUT2D eigenvalue weighted by molar-refractivity contribution is 0.0516. The van der Waals surface area contributed by atoms with E-state index in [2.05, 4.69) is 46.1 Å². The number of aryl methyl sites for hydroxylation is 1.